The van der Waals surface area contributed by atoms with E-state index in [1.54, 1.807) is 0 Å². The van der Waals surface area contributed by atoms with Gasteiger partial charge in [0, 0.05) is 24.1 Å². The lowest BCUT2D eigenvalue weighted by atomic mass is 10.1. The zero-order valence-electron chi connectivity index (χ0n) is 18.7. The Bertz CT molecular complexity index is 1260. The first-order valence-corrected chi connectivity index (χ1v) is 11.2. The highest BCUT2D eigenvalue weighted by molar-refractivity contribution is 5.87. The van der Waals surface area contributed by atoms with Crippen LogP contribution in [0.15, 0.2) is 140 Å². The maximum atomic E-state index is 2.31. The van der Waals surface area contributed by atoms with E-state index >= 15 is 0 Å². The van der Waals surface area contributed by atoms with Gasteiger partial charge in [0.25, 0.3) is 0 Å². The Morgan fingerprint density at radius 3 is 1.33 bits per heavy atom. The van der Waals surface area contributed by atoms with Crippen LogP contribution in [0.1, 0.15) is 0 Å². The van der Waals surface area contributed by atoms with Gasteiger partial charge in [-0.2, -0.15) is 0 Å². The third-order valence-electron chi connectivity index (χ3n) is 5.87. The van der Waals surface area contributed by atoms with E-state index in [9.17, 15) is 0 Å². The van der Waals surface area contributed by atoms with Crippen molar-refractivity contribution in [3.63, 3.8) is 0 Å². The SMILES string of the molecule is CN(c1ccc(-c2ccccc2)cc1)c1ccccc1N(c1ccccc1)c1ccccc1. The molecule has 0 aliphatic rings. The summed E-state index contributed by atoms with van der Waals surface area (Å²) in [6.45, 7) is 0. The van der Waals surface area contributed by atoms with Gasteiger partial charge in [-0.3, -0.25) is 0 Å². The van der Waals surface area contributed by atoms with Gasteiger partial charge in [0.2, 0.25) is 0 Å². The third-order valence-corrected chi connectivity index (χ3v) is 5.87. The Hall–Kier alpha value is -4.30. The standard InChI is InChI=1S/C31H26N2/c1-32(27-23-21-26(22-24-27)25-13-5-2-6-14-25)30-19-11-12-20-31(30)33(28-15-7-3-8-16-28)29-17-9-4-10-18-29/h2-24H,1H3. The van der Waals surface area contributed by atoms with Gasteiger partial charge in [0.1, 0.15) is 0 Å². The number of benzene rings is 5. The van der Waals surface area contributed by atoms with Crippen LogP contribution >= 0.6 is 0 Å². The van der Waals surface area contributed by atoms with E-state index < -0.39 is 0 Å². The van der Waals surface area contributed by atoms with Crippen molar-refractivity contribution in [1.29, 1.82) is 0 Å². The van der Waals surface area contributed by atoms with Crippen molar-refractivity contribution in [2.24, 2.45) is 0 Å². The van der Waals surface area contributed by atoms with Crippen molar-refractivity contribution in [1.82, 2.24) is 0 Å². The number of hydrogen-bond donors (Lipinski definition) is 0. The maximum Gasteiger partial charge on any atom is 0.0698 e. The topological polar surface area (TPSA) is 6.48 Å². The highest BCUT2D eigenvalue weighted by Gasteiger charge is 2.18. The average Bonchev–Trinajstić information content (AvgIpc) is 2.91. The van der Waals surface area contributed by atoms with Gasteiger partial charge in [-0.1, -0.05) is 91.0 Å². The zero-order valence-corrected chi connectivity index (χ0v) is 18.7. The van der Waals surface area contributed by atoms with E-state index in [2.05, 4.69) is 150 Å². The molecule has 33 heavy (non-hydrogen) atoms. The summed E-state index contributed by atoms with van der Waals surface area (Å²) in [5.74, 6) is 0. The van der Waals surface area contributed by atoms with Crippen molar-refractivity contribution >= 4 is 28.4 Å². The van der Waals surface area contributed by atoms with Crippen LogP contribution in [0.5, 0.6) is 0 Å². The van der Waals surface area contributed by atoms with Gasteiger partial charge in [-0.15, -0.1) is 0 Å². The van der Waals surface area contributed by atoms with Crippen LogP contribution in [0.2, 0.25) is 0 Å². The van der Waals surface area contributed by atoms with Crippen LogP contribution < -0.4 is 9.80 Å². The highest BCUT2D eigenvalue weighted by Crippen LogP contribution is 2.41. The number of anilines is 5. The van der Waals surface area contributed by atoms with Crippen molar-refractivity contribution < 1.29 is 0 Å². The van der Waals surface area contributed by atoms with E-state index in [4.69, 9.17) is 0 Å². The number of rotatable bonds is 6. The molecule has 0 aliphatic carbocycles. The monoisotopic (exact) mass is 426 g/mol. The Labute approximate surface area is 196 Å². The molecule has 0 atom stereocenters. The Morgan fingerprint density at radius 1 is 0.364 bits per heavy atom. The molecule has 5 aromatic carbocycles. The fraction of sp³-hybridized carbons (Fsp3) is 0.0323. The second-order valence-electron chi connectivity index (χ2n) is 7.97. The lowest BCUT2D eigenvalue weighted by Crippen LogP contribution is -2.16. The van der Waals surface area contributed by atoms with Crippen molar-refractivity contribution in [2.75, 3.05) is 16.8 Å². The van der Waals surface area contributed by atoms with Gasteiger partial charge in [-0.25, -0.2) is 0 Å². The van der Waals surface area contributed by atoms with Gasteiger partial charge in [0.05, 0.1) is 11.4 Å². The first-order chi connectivity index (χ1) is 16.3. The minimum Gasteiger partial charge on any atom is -0.343 e. The minimum atomic E-state index is 1.13. The maximum absolute atomic E-state index is 2.31. The Balaban J connectivity index is 1.55. The quantitative estimate of drug-likeness (QED) is 0.268. The molecule has 0 amide bonds. The molecule has 0 saturated heterocycles. The molecule has 0 saturated carbocycles. The lowest BCUT2D eigenvalue weighted by molar-refractivity contribution is 1.18. The molecule has 0 fully saturated rings. The van der Waals surface area contributed by atoms with Gasteiger partial charge in [0.15, 0.2) is 0 Å². The van der Waals surface area contributed by atoms with E-state index in [-0.39, 0.29) is 0 Å². The van der Waals surface area contributed by atoms with Crippen LogP contribution in [0, 0.1) is 0 Å². The fourth-order valence-corrected chi connectivity index (χ4v) is 4.17. The van der Waals surface area contributed by atoms with E-state index in [1.165, 1.54) is 11.1 Å². The van der Waals surface area contributed by atoms with Crippen LogP contribution in [-0.4, -0.2) is 7.05 Å². The first kappa shape index (κ1) is 20.6. The molecule has 160 valence electrons. The minimum absolute atomic E-state index is 1.13. The van der Waals surface area contributed by atoms with E-state index in [0.717, 1.165) is 28.4 Å². The molecule has 0 unspecified atom stereocenters. The van der Waals surface area contributed by atoms with Crippen molar-refractivity contribution in [2.45, 2.75) is 0 Å². The first-order valence-electron chi connectivity index (χ1n) is 11.2. The Morgan fingerprint density at radius 2 is 0.788 bits per heavy atom. The van der Waals surface area contributed by atoms with Gasteiger partial charge >= 0.3 is 0 Å². The number of para-hydroxylation sites is 4. The van der Waals surface area contributed by atoms with Crippen LogP contribution in [-0.2, 0) is 0 Å². The molecule has 0 heterocycles. The van der Waals surface area contributed by atoms with E-state index in [0.29, 0.717) is 0 Å². The highest BCUT2D eigenvalue weighted by atomic mass is 15.2. The second kappa shape index (κ2) is 9.46. The smallest absolute Gasteiger partial charge is 0.0698 e. The second-order valence-corrected chi connectivity index (χ2v) is 7.97. The molecular weight excluding hydrogens is 400 g/mol. The summed E-state index contributed by atoms with van der Waals surface area (Å²) >= 11 is 0. The summed E-state index contributed by atoms with van der Waals surface area (Å²) in [6.07, 6.45) is 0. The fourth-order valence-electron chi connectivity index (χ4n) is 4.17. The molecule has 5 aromatic rings. The molecule has 0 radical (unpaired) electrons. The van der Waals surface area contributed by atoms with E-state index in [1.807, 2.05) is 6.07 Å². The normalized spacial score (nSPS) is 10.6. The summed E-state index contributed by atoms with van der Waals surface area (Å²) in [4.78, 5) is 4.56. The van der Waals surface area contributed by atoms with Crippen LogP contribution in [0.3, 0.4) is 0 Å². The summed E-state index contributed by atoms with van der Waals surface area (Å²) in [5, 5.41) is 0. The lowest BCUT2D eigenvalue weighted by Gasteiger charge is -2.31. The number of nitrogens with zero attached hydrogens (tertiary/aromatic N) is 2. The Kier molecular flexibility index (Phi) is 5.90. The summed E-state index contributed by atoms with van der Waals surface area (Å²) in [7, 11) is 2.13. The number of hydrogen-bond acceptors (Lipinski definition) is 2. The molecule has 0 aromatic heterocycles. The van der Waals surface area contributed by atoms with Crippen LogP contribution in [0.4, 0.5) is 28.4 Å². The van der Waals surface area contributed by atoms with Crippen LogP contribution in [0.25, 0.3) is 11.1 Å². The summed E-state index contributed by atoms with van der Waals surface area (Å²) in [5.41, 5.74) is 8.11. The summed E-state index contributed by atoms with van der Waals surface area (Å²) < 4.78 is 0. The molecule has 2 heteroatoms. The molecular formula is C31H26N2. The van der Waals surface area contributed by atoms with Gasteiger partial charge in [-0.05, 0) is 59.7 Å². The molecule has 5 rings (SSSR count). The molecule has 0 aliphatic heterocycles. The zero-order chi connectivity index (χ0) is 22.5. The molecule has 0 N–H and O–H groups in total. The third kappa shape index (κ3) is 4.37. The average molecular weight is 427 g/mol. The van der Waals surface area contributed by atoms with Crippen molar-refractivity contribution in [3.8, 4) is 11.1 Å². The molecule has 0 spiro atoms. The summed E-state index contributed by atoms with van der Waals surface area (Å²) in [6, 6.07) is 48.9. The molecule has 2 nitrogen and oxygen atoms in total. The van der Waals surface area contributed by atoms with Crippen molar-refractivity contribution in [3.05, 3.63) is 140 Å². The van der Waals surface area contributed by atoms with Gasteiger partial charge < -0.3 is 9.80 Å². The predicted octanol–water partition coefficient (Wildman–Crippen LogP) is 8.59. The largest absolute Gasteiger partial charge is 0.343 e. The molecule has 0 bridgehead atoms. The predicted molar refractivity (Wildman–Crippen MR) is 141 cm³/mol.